The summed E-state index contributed by atoms with van der Waals surface area (Å²) < 4.78 is 9.93. The Kier molecular flexibility index (Phi) is 6.52. The molecule has 0 bridgehead atoms. The van der Waals surface area contributed by atoms with Crippen molar-refractivity contribution in [2.75, 3.05) is 26.9 Å². The number of hydrogen-bond acceptors (Lipinski definition) is 3. The van der Waals surface area contributed by atoms with Crippen LogP contribution in [0.3, 0.4) is 0 Å². The normalized spacial score (nSPS) is 10.5. The molecule has 0 radical (unpaired) electrons. The minimum atomic E-state index is -0.0368. The van der Waals surface area contributed by atoms with E-state index in [0.29, 0.717) is 23.3 Å². The SMILES string of the molecule is COCCOCC(=O)Cc1cccc(Cl)c1Cl. The van der Waals surface area contributed by atoms with Crippen LogP contribution in [0.4, 0.5) is 0 Å². The highest BCUT2D eigenvalue weighted by Gasteiger charge is 2.09. The molecule has 0 saturated heterocycles. The van der Waals surface area contributed by atoms with E-state index in [4.69, 9.17) is 32.7 Å². The number of halogens is 2. The van der Waals surface area contributed by atoms with Crippen molar-refractivity contribution in [3.8, 4) is 0 Å². The van der Waals surface area contributed by atoms with Crippen LogP contribution in [0.2, 0.25) is 10.0 Å². The average Bonchev–Trinajstić information content (AvgIpc) is 2.31. The Morgan fingerprint density at radius 3 is 2.76 bits per heavy atom. The molecule has 0 aliphatic heterocycles. The van der Waals surface area contributed by atoms with Crippen LogP contribution in [0.5, 0.6) is 0 Å². The van der Waals surface area contributed by atoms with Gasteiger partial charge in [-0.15, -0.1) is 0 Å². The van der Waals surface area contributed by atoms with Gasteiger partial charge in [-0.05, 0) is 11.6 Å². The van der Waals surface area contributed by atoms with Crippen LogP contribution < -0.4 is 0 Å². The van der Waals surface area contributed by atoms with Crippen molar-refractivity contribution < 1.29 is 14.3 Å². The molecule has 0 N–H and O–H groups in total. The first kappa shape index (κ1) is 14.5. The molecule has 0 aliphatic carbocycles. The third kappa shape index (κ3) is 5.04. The van der Waals surface area contributed by atoms with Crippen LogP contribution in [-0.4, -0.2) is 32.7 Å². The fraction of sp³-hybridized carbons (Fsp3) is 0.417. The molecular formula is C12H14Cl2O3. The molecule has 0 aliphatic rings. The molecule has 0 spiro atoms. The van der Waals surface area contributed by atoms with Crippen molar-refractivity contribution in [1.82, 2.24) is 0 Å². The standard InChI is InChI=1S/C12H14Cl2O3/c1-16-5-6-17-8-10(15)7-9-3-2-4-11(13)12(9)14/h2-4H,5-8H2,1H3. The van der Waals surface area contributed by atoms with E-state index in [1.54, 1.807) is 25.3 Å². The Bertz CT molecular complexity index is 380. The summed E-state index contributed by atoms with van der Waals surface area (Å²) in [6, 6.07) is 5.23. The molecule has 0 heterocycles. The zero-order chi connectivity index (χ0) is 12.7. The topological polar surface area (TPSA) is 35.5 Å². The first-order chi connectivity index (χ1) is 8.15. The molecular weight excluding hydrogens is 263 g/mol. The summed E-state index contributed by atoms with van der Waals surface area (Å²) in [5.74, 6) is -0.0368. The van der Waals surface area contributed by atoms with Crippen molar-refractivity contribution in [2.45, 2.75) is 6.42 Å². The number of carbonyl (C=O) groups is 1. The van der Waals surface area contributed by atoms with Crippen molar-refractivity contribution in [3.63, 3.8) is 0 Å². The highest BCUT2D eigenvalue weighted by molar-refractivity contribution is 6.42. The zero-order valence-corrected chi connectivity index (χ0v) is 11.1. The Hall–Kier alpha value is -0.610. The van der Waals surface area contributed by atoms with Gasteiger partial charge in [-0.1, -0.05) is 35.3 Å². The van der Waals surface area contributed by atoms with Gasteiger partial charge in [-0.2, -0.15) is 0 Å². The zero-order valence-electron chi connectivity index (χ0n) is 9.54. The van der Waals surface area contributed by atoms with Crippen LogP contribution in [0.25, 0.3) is 0 Å². The number of rotatable bonds is 7. The summed E-state index contributed by atoms with van der Waals surface area (Å²) in [5.41, 5.74) is 0.722. The van der Waals surface area contributed by atoms with Crippen LogP contribution >= 0.6 is 23.2 Å². The van der Waals surface area contributed by atoms with E-state index in [1.165, 1.54) is 0 Å². The molecule has 0 fully saturated rings. The minimum absolute atomic E-state index is 0.0368. The molecule has 3 nitrogen and oxygen atoms in total. The van der Waals surface area contributed by atoms with Crippen molar-refractivity contribution in [1.29, 1.82) is 0 Å². The fourth-order valence-corrected chi connectivity index (χ4v) is 1.66. The molecule has 17 heavy (non-hydrogen) atoms. The van der Waals surface area contributed by atoms with Crippen LogP contribution in [-0.2, 0) is 20.7 Å². The van der Waals surface area contributed by atoms with E-state index in [0.717, 1.165) is 5.56 Å². The van der Waals surface area contributed by atoms with Crippen molar-refractivity contribution in [2.24, 2.45) is 0 Å². The summed E-state index contributed by atoms with van der Waals surface area (Å²) in [6.45, 7) is 0.947. The lowest BCUT2D eigenvalue weighted by Gasteiger charge is -2.06. The van der Waals surface area contributed by atoms with Gasteiger partial charge in [0.05, 0.1) is 23.3 Å². The molecule has 0 unspecified atom stereocenters. The second kappa shape index (κ2) is 7.67. The Morgan fingerprint density at radius 1 is 1.29 bits per heavy atom. The lowest BCUT2D eigenvalue weighted by atomic mass is 10.1. The quantitative estimate of drug-likeness (QED) is 0.719. The van der Waals surface area contributed by atoms with Crippen molar-refractivity contribution in [3.05, 3.63) is 33.8 Å². The molecule has 94 valence electrons. The third-order valence-electron chi connectivity index (χ3n) is 2.11. The maximum Gasteiger partial charge on any atom is 0.162 e. The van der Waals surface area contributed by atoms with E-state index in [2.05, 4.69) is 0 Å². The summed E-state index contributed by atoms with van der Waals surface area (Å²) >= 11 is 11.8. The molecule has 1 rings (SSSR count). The van der Waals surface area contributed by atoms with Gasteiger partial charge in [0.25, 0.3) is 0 Å². The van der Waals surface area contributed by atoms with Gasteiger partial charge in [-0.25, -0.2) is 0 Å². The third-order valence-corrected chi connectivity index (χ3v) is 2.97. The van der Waals surface area contributed by atoms with Crippen LogP contribution in [0.15, 0.2) is 18.2 Å². The number of carbonyl (C=O) groups excluding carboxylic acids is 1. The Balaban J connectivity index is 2.43. The smallest absolute Gasteiger partial charge is 0.162 e. The minimum Gasteiger partial charge on any atom is -0.382 e. The van der Waals surface area contributed by atoms with Gasteiger partial charge < -0.3 is 9.47 Å². The number of methoxy groups -OCH3 is 1. The summed E-state index contributed by atoms with van der Waals surface area (Å²) in [7, 11) is 1.58. The lowest BCUT2D eigenvalue weighted by molar-refractivity contribution is -0.123. The highest BCUT2D eigenvalue weighted by atomic mass is 35.5. The van der Waals surface area contributed by atoms with Crippen molar-refractivity contribution >= 4 is 29.0 Å². The van der Waals surface area contributed by atoms with Gasteiger partial charge in [0.1, 0.15) is 6.61 Å². The highest BCUT2D eigenvalue weighted by Crippen LogP contribution is 2.25. The molecule has 0 aromatic heterocycles. The summed E-state index contributed by atoms with van der Waals surface area (Å²) in [6.07, 6.45) is 0.229. The second-order valence-electron chi connectivity index (χ2n) is 3.47. The van der Waals surface area contributed by atoms with E-state index in [9.17, 15) is 4.79 Å². The summed E-state index contributed by atoms with van der Waals surface area (Å²) in [4.78, 5) is 11.6. The monoisotopic (exact) mass is 276 g/mol. The van der Waals surface area contributed by atoms with Gasteiger partial charge in [-0.3, -0.25) is 4.79 Å². The van der Waals surface area contributed by atoms with Gasteiger partial charge in [0, 0.05) is 13.5 Å². The van der Waals surface area contributed by atoms with E-state index < -0.39 is 0 Å². The number of hydrogen-bond donors (Lipinski definition) is 0. The first-order valence-corrected chi connectivity index (χ1v) is 5.92. The Labute approximate surface area is 111 Å². The lowest BCUT2D eigenvalue weighted by Crippen LogP contribution is -2.14. The van der Waals surface area contributed by atoms with Crippen LogP contribution in [0, 0.1) is 0 Å². The number of benzene rings is 1. The molecule has 0 saturated carbocycles. The van der Waals surface area contributed by atoms with E-state index >= 15 is 0 Å². The average molecular weight is 277 g/mol. The molecule has 1 aromatic rings. The maximum absolute atomic E-state index is 11.6. The summed E-state index contributed by atoms with van der Waals surface area (Å²) in [5, 5.41) is 0.886. The van der Waals surface area contributed by atoms with Gasteiger partial charge >= 0.3 is 0 Å². The molecule has 1 aromatic carbocycles. The number of ketones is 1. The molecule has 0 atom stereocenters. The second-order valence-corrected chi connectivity index (χ2v) is 4.26. The molecule has 5 heteroatoms. The maximum atomic E-state index is 11.6. The number of ether oxygens (including phenoxy) is 2. The predicted octanol–water partition coefficient (Wildman–Crippen LogP) is 2.77. The largest absolute Gasteiger partial charge is 0.382 e. The van der Waals surface area contributed by atoms with Gasteiger partial charge in [0.2, 0.25) is 0 Å². The van der Waals surface area contributed by atoms with E-state index in [1.807, 2.05) is 0 Å². The molecule has 0 amide bonds. The predicted molar refractivity (Wildman–Crippen MR) is 67.9 cm³/mol. The van der Waals surface area contributed by atoms with Gasteiger partial charge in [0.15, 0.2) is 5.78 Å². The number of Topliss-reactive ketones (excluding diaryl/α,β-unsaturated/α-hetero) is 1. The first-order valence-electron chi connectivity index (χ1n) is 5.16. The Morgan fingerprint density at radius 2 is 2.06 bits per heavy atom. The van der Waals surface area contributed by atoms with E-state index in [-0.39, 0.29) is 18.8 Å². The van der Waals surface area contributed by atoms with Crippen LogP contribution in [0.1, 0.15) is 5.56 Å². The fourth-order valence-electron chi connectivity index (χ4n) is 1.28.